The Hall–Kier alpha value is -2.81. The molecule has 176 valence electrons. The van der Waals surface area contributed by atoms with Crippen LogP contribution in [-0.2, 0) is 27.0 Å². The largest absolute Gasteiger partial charge is 0.325 e. The minimum atomic E-state index is -1.05. The van der Waals surface area contributed by atoms with Crippen LogP contribution in [-0.4, -0.2) is 39.5 Å². The maximum Gasteiger partial charge on any atom is 0.325 e. The van der Waals surface area contributed by atoms with E-state index >= 15 is 0 Å². The molecule has 4 bridgehead atoms. The Bertz CT molecular complexity index is 1190. The van der Waals surface area contributed by atoms with Crippen molar-refractivity contribution in [3.63, 3.8) is 0 Å². The summed E-state index contributed by atoms with van der Waals surface area (Å²) in [5.74, 6) is 1.63. The molecule has 1 unspecified atom stereocenters. The van der Waals surface area contributed by atoms with Gasteiger partial charge in [-0.25, -0.2) is 4.79 Å². The van der Waals surface area contributed by atoms with Crippen molar-refractivity contribution < 1.29 is 14.4 Å². The van der Waals surface area contributed by atoms with Gasteiger partial charge >= 0.3 is 6.03 Å². The molecule has 1 spiro atoms. The second kappa shape index (κ2) is 7.10. The van der Waals surface area contributed by atoms with Crippen LogP contribution in [0, 0.1) is 17.8 Å². The van der Waals surface area contributed by atoms with E-state index < -0.39 is 17.5 Å². The van der Waals surface area contributed by atoms with E-state index in [2.05, 4.69) is 20.8 Å². The second-order valence-corrected chi connectivity index (χ2v) is 12.0. The van der Waals surface area contributed by atoms with Gasteiger partial charge in [0.1, 0.15) is 17.1 Å². The number of nitrogens with zero attached hydrogens (tertiary/aromatic N) is 3. The number of fused-ring (bicyclic) bond motifs is 2. The smallest absolute Gasteiger partial charge is 0.319 e. The fourth-order valence-electron chi connectivity index (χ4n) is 7.90. The minimum absolute atomic E-state index is 0.127. The lowest BCUT2D eigenvalue weighted by molar-refractivity contribution is -0.134. The Morgan fingerprint density at radius 2 is 1.79 bits per heavy atom. The highest BCUT2D eigenvalue weighted by atomic mass is 32.1. The van der Waals surface area contributed by atoms with E-state index in [0.29, 0.717) is 11.6 Å². The zero-order valence-electron chi connectivity index (χ0n) is 18.9. The van der Waals surface area contributed by atoms with E-state index in [1.54, 1.807) is 0 Å². The summed E-state index contributed by atoms with van der Waals surface area (Å²) in [6, 6.07) is 7.15. The van der Waals surface area contributed by atoms with Gasteiger partial charge in [0.15, 0.2) is 0 Å². The van der Waals surface area contributed by atoms with Gasteiger partial charge < -0.3 is 5.32 Å². The fourth-order valence-corrected chi connectivity index (χ4v) is 8.87. The highest BCUT2D eigenvalue weighted by Gasteiger charge is 2.56. The summed E-state index contributed by atoms with van der Waals surface area (Å²) in [6.07, 6.45) is 8.88. The Balaban J connectivity index is 1.06. The van der Waals surface area contributed by atoms with Gasteiger partial charge in [0, 0.05) is 5.41 Å². The second-order valence-electron chi connectivity index (χ2n) is 11.0. The monoisotopic (exact) mass is 477 g/mol. The number of amides is 4. The quantitative estimate of drug-likeness (QED) is 0.658. The number of benzene rings is 1. The minimum Gasteiger partial charge on any atom is -0.319 e. The molecule has 8 rings (SSSR count). The van der Waals surface area contributed by atoms with Crippen molar-refractivity contribution in [3.05, 3.63) is 40.4 Å². The molecule has 8 nitrogen and oxygen atoms in total. The summed E-state index contributed by atoms with van der Waals surface area (Å²) in [6.45, 7) is -0.332. The van der Waals surface area contributed by atoms with Crippen molar-refractivity contribution in [1.82, 2.24) is 20.4 Å². The normalized spacial score (nSPS) is 35.2. The number of carbonyl (C=O) groups excluding carboxylic acids is 3. The van der Waals surface area contributed by atoms with Crippen LogP contribution in [0.25, 0.3) is 0 Å². The van der Waals surface area contributed by atoms with Crippen LogP contribution >= 0.6 is 11.3 Å². The molecule has 4 saturated carbocycles. The third kappa shape index (κ3) is 2.92. The molecule has 6 aliphatic rings. The van der Waals surface area contributed by atoms with Gasteiger partial charge in [0.05, 0.1) is 0 Å². The number of aryl methyl sites for hydroxylation is 1. The van der Waals surface area contributed by atoms with Gasteiger partial charge in [-0.3, -0.25) is 19.8 Å². The Labute approximate surface area is 201 Å². The summed E-state index contributed by atoms with van der Waals surface area (Å²) in [5.41, 5.74) is 0.972. The summed E-state index contributed by atoms with van der Waals surface area (Å²) >= 11 is 1.46. The molecule has 1 aromatic carbocycles. The predicted octanol–water partition coefficient (Wildman–Crippen LogP) is 3.34. The molecule has 2 heterocycles. The molecule has 2 aromatic rings. The van der Waals surface area contributed by atoms with E-state index in [9.17, 15) is 14.4 Å². The lowest BCUT2D eigenvalue weighted by Crippen LogP contribution is -2.48. The van der Waals surface area contributed by atoms with E-state index in [-0.39, 0.29) is 17.9 Å². The van der Waals surface area contributed by atoms with Crippen LogP contribution in [0.1, 0.15) is 61.1 Å². The van der Waals surface area contributed by atoms with Crippen molar-refractivity contribution in [3.8, 4) is 0 Å². The predicted molar refractivity (Wildman–Crippen MR) is 125 cm³/mol. The van der Waals surface area contributed by atoms with Gasteiger partial charge in [-0.2, -0.15) is 0 Å². The Morgan fingerprint density at radius 1 is 1.09 bits per heavy atom. The number of rotatable bonds is 4. The van der Waals surface area contributed by atoms with Gasteiger partial charge in [-0.1, -0.05) is 35.6 Å². The van der Waals surface area contributed by atoms with Crippen LogP contribution in [0.2, 0.25) is 0 Å². The number of anilines is 1. The van der Waals surface area contributed by atoms with Crippen molar-refractivity contribution in [2.75, 3.05) is 11.9 Å². The summed E-state index contributed by atoms with van der Waals surface area (Å²) < 4.78 is 0. The lowest BCUT2D eigenvalue weighted by atomic mass is 9.50. The first-order chi connectivity index (χ1) is 16.4. The SMILES string of the molecule is O=C(CN1C(=O)NC2(CCc3ccccc32)C1=O)Nc1nnc(C23CC4CC(CC(C4)C2)C3)s1. The van der Waals surface area contributed by atoms with E-state index in [4.69, 9.17) is 0 Å². The number of hydrogen-bond acceptors (Lipinski definition) is 6. The van der Waals surface area contributed by atoms with Gasteiger partial charge in [0.2, 0.25) is 11.0 Å². The van der Waals surface area contributed by atoms with Crippen molar-refractivity contribution in [2.24, 2.45) is 17.8 Å². The third-order valence-electron chi connectivity index (χ3n) is 8.89. The van der Waals surface area contributed by atoms with Gasteiger partial charge in [-0.05, 0) is 80.2 Å². The molecular formula is C25H27N5O3S. The molecule has 1 saturated heterocycles. The Kier molecular flexibility index (Phi) is 4.29. The maximum atomic E-state index is 13.3. The van der Waals surface area contributed by atoms with E-state index in [0.717, 1.165) is 45.2 Å². The first-order valence-electron chi connectivity index (χ1n) is 12.3. The maximum absolute atomic E-state index is 13.3. The topological polar surface area (TPSA) is 104 Å². The molecule has 1 aliphatic heterocycles. The molecule has 4 amide bonds. The molecular weight excluding hydrogens is 450 g/mol. The highest BCUT2D eigenvalue weighted by Crippen LogP contribution is 2.61. The van der Waals surface area contributed by atoms with Crippen LogP contribution < -0.4 is 10.6 Å². The van der Waals surface area contributed by atoms with Crippen molar-refractivity contribution in [2.45, 2.75) is 62.3 Å². The fraction of sp³-hybridized carbons (Fsp3) is 0.560. The highest BCUT2D eigenvalue weighted by molar-refractivity contribution is 7.15. The van der Waals surface area contributed by atoms with Gasteiger partial charge in [0.25, 0.3) is 5.91 Å². The lowest BCUT2D eigenvalue weighted by Gasteiger charge is -2.55. The third-order valence-corrected chi connectivity index (χ3v) is 9.97. The number of hydrogen-bond donors (Lipinski definition) is 2. The molecule has 2 N–H and O–H groups in total. The summed E-state index contributed by atoms with van der Waals surface area (Å²) in [7, 11) is 0. The molecule has 0 radical (unpaired) electrons. The first kappa shape index (κ1) is 20.6. The van der Waals surface area contributed by atoms with Crippen LogP contribution in [0.5, 0.6) is 0 Å². The molecule has 5 fully saturated rings. The van der Waals surface area contributed by atoms with Crippen LogP contribution in [0.4, 0.5) is 9.93 Å². The average Bonchev–Trinajstić information content (AvgIpc) is 3.48. The zero-order valence-corrected chi connectivity index (χ0v) is 19.7. The molecule has 1 aromatic heterocycles. The average molecular weight is 478 g/mol. The number of aromatic nitrogens is 2. The molecule has 5 aliphatic carbocycles. The number of urea groups is 1. The van der Waals surface area contributed by atoms with Crippen LogP contribution in [0.15, 0.2) is 24.3 Å². The Morgan fingerprint density at radius 3 is 2.53 bits per heavy atom. The summed E-state index contributed by atoms with van der Waals surface area (Å²) in [5, 5.41) is 15.9. The van der Waals surface area contributed by atoms with Crippen molar-refractivity contribution in [1.29, 1.82) is 0 Å². The van der Waals surface area contributed by atoms with E-state index in [1.165, 1.54) is 49.9 Å². The van der Waals surface area contributed by atoms with Crippen LogP contribution in [0.3, 0.4) is 0 Å². The number of nitrogens with one attached hydrogen (secondary N) is 2. The van der Waals surface area contributed by atoms with Crippen molar-refractivity contribution >= 4 is 34.3 Å². The number of imide groups is 1. The summed E-state index contributed by atoms with van der Waals surface area (Å²) in [4.78, 5) is 39.8. The van der Waals surface area contributed by atoms with E-state index in [1.807, 2.05) is 24.3 Å². The standard InChI is InChI=1S/C25H27N5O3S/c31-19(13-30-21(32)25(27-23(30)33)6-5-17-3-1-2-4-18(17)25)26-22-29-28-20(34-22)24-10-14-7-15(11-24)9-16(8-14)12-24/h1-4,14-16H,5-13H2,(H,27,33)(H,26,29,31). The first-order valence-corrected chi connectivity index (χ1v) is 13.1. The molecule has 1 atom stereocenters. The van der Waals surface area contributed by atoms with Gasteiger partial charge in [-0.15, -0.1) is 10.2 Å². The molecule has 34 heavy (non-hydrogen) atoms. The number of carbonyl (C=O) groups is 3. The molecule has 9 heteroatoms. The zero-order chi connectivity index (χ0) is 23.1.